The van der Waals surface area contributed by atoms with Crippen LogP contribution in [-0.2, 0) is 4.74 Å². The molecule has 0 atom stereocenters. The highest BCUT2D eigenvalue weighted by atomic mass is 32.1. The van der Waals surface area contributed by atoms with Crippen LogP contribution < -0.4 is 10.2 Å². The minimum Gasteiger partial charge on any atom is -0.378 e. The van der Waals surface area contributed by atoms with Crippen molar-refractivity contribution in [3.63, 3.8) is 0 Å². The third kappa shape index (κ3) is 3.11. The summed E-state index contributed by atoms with van der Waals surface area (Å²) < 4.78 is 6.58. The number of benzene rings is 1. The summed E-state index contributed by atoms with van der Waals surface area (Å²) in [7, 11) is 0. The minimum atomic E-state index is 0.743. The number of nitrogens with zero attached hydrogens (tertiary/aromatic N) is 4. The van der Waals surface area contributed by atoms with Gasteiger partial charge >= 0.3 is 0 Å². The Bertz CT molecular complexity index is 828. The average Bonchev–Trinajstić information content (AvgIpc) is 2.95. The lowest BCUT2D eigenvalue weighted by Crippen LogP contribution is -2.36. The van der Waals surface area contributed by atoms with Crippen molar-refractivity contribution in [1.29, 1.82) is 0 Å². The van der Waals surface area contributed by atoms with E-state index < -0.39 is 0 Å². The summed E-state index contributed by atoms with van der Waals surface area (Å²) in [5.41, 5.74) is 1.99. The number of aryl methyl sites for hydroxylation is 1. The van der Waals surface area contributed by atoms with Gasteiger partial charge in [-0.2, -0.15) is 0 Å². The Hall–Kier alpha value is -2.25. The van der Waals surface area contributed by atoms with Crippen molar-refractivity contribution in [2.24, 2.45) is 0 Å². The molecule has 0 aliphatic carbocycles. The van der Waals surface area contributed by atoms with Crippen LogP contribution in [0.5, 0.6) is 0 Å². The van der Waals surface area contributed by atoms with Crippen molar-refractivity contribution in [2.75, 3.05) is 36.5 Å². The van der Waals surface area contributed by atoms with E-state index in [1.54, 1.807) is 17.7 Å². The number of anilines is 3. The molecular weight excluding hydrogens is 310 g/mol. The Kier molecular flexibility index (Phi) is 3.80. The first kappa shape index (κ1) is 14.3. The van der Waals surface area contributed by atoms with Crippen LogP contribution in [0.4, 0.5) is 17.3 Å². The van der Waals surface area contributed by atoms with E-state index in [-0.39, 0.29) is 0 Å². The molecule has 0 unspecified atom stereocenters. The van der Waals surface area contributed by atoms with E-state index in [2.05, 4.69) is 43.4 Å². The van der Waals surface area contributed by atoms with Crippen LogP contribution in [0.2, 0.25) is 0 Å². The Morgan fingerprint density at radius 2 is 2.04 bits per heavy atom. The van der Waals surface area contributed by atoms with Gasteiger partial charge in [0.1, 0.15) is 18.0 Å². The zero-order valence-corrected chi connectivity index (χ0v) is 13.6. The van der Waals surface area contributed by atoms with E-state index in [4.69, 9.17) is 4.74 Å². The molecule has 1 aromatic carbocycles. The number of thiazole rings is 1. The second-order valence-electron chi connectivity index (χ2n) is 5.40. The maximum absolute atomic E-state index is 5.38. The summed E-state index contributed by atoms with van der Waals surface area (Å²) in [6.07, 6.45) is 1.60. The van der Waals surface area contributed by atoms with Crippen molar-refractivity contribution in [2.45, 2.75) is 6.92 Å². The molecule has 3 heterocycles. The van der Waals surface area contributed by atoms with Crippen molar-refractivity contribution >= 4 is 38.9 Å². The maximum atomic E-state index is 5.38. The molecule has 3 aromatic rings. The van der Waals surface area contributed by atoms with Crippen molar-refractivity contribution in [1.82, 2.24) is 15.0 Å². The fourth-order valence-electron chi connectivity index (χ4n) is 2.65. The normalized spacial score (nSPS) is 15.1. The maximum Gasteiger partial charge on any atom is 0.135 e. The number of aromatic nitrogens is 3. The quantitative estimate of drug-likeness (QED) is 0.798. The molecule has 1 fully saturated rings. The van der Waals surface area contributed by atoms with Gasteiger partial charge < -0.3 is 15.0 Å². The van der Waals surface area contributed by atoms with Crippen molar-refractivity contribution in [3.8, 4) is 0 Å². The fraction of sp³-hybridized carbons (Fsp3) is 0.312. The molecule has 23 heavy (non-hydrogen) atoms. The molecule has 1 aliphatic rings. The number of rotatable bonds is 3. The van der Waals surface area contributed by atoms with Gasteiger partial charge in [-0.3, -0.25) is 0 Å². The molecule has 1 aliphatic heterocycles. The molecule has 4 rings (SSSR count). The molecule has 2 aromatic heterocycles. The van der Waals surface area contributed by atoms with Crippen LogP contribution in [0, 0.1) is 6.92 Å². The van der Waals surface area contributed by atoms with E-state index in [9.17, 15) is 0 Å². The number of morpholine rings is 1. The van der Waals surface area contributed by atoms with Crippen molar-refractivity contribution in [3.05, 3.63) is 35.6 Å². The highest BCUT2D eigenvalue weighted by Crippen LogP contribution is 2.26. The van der Waals surface area contributed by atoms with Gasteiger partial charge in [0, 0.05) is 24.8 Å². The lowest BCUT2D eigenvalue weighted by atomic mass is 10.3. The lowest BCUT2D eigenvalue weighted by molar-refractivity contribution is 0.122. The van der Waals surface area contributed by atoms with Gasteiger partial charge in [0.2, 0.25) is 0 Å². The second-order valence-corrected chi connectivity index (χ2v) is 6.64. The van der Waals surface area contributed by atoms with Crippen LogP contribution in [0.15, 0.2) is 30.6 Å². The van der Waals surface area contributed by atoms with Crippen molar-refractivity contribution < 1.29 is 4.74 Å². The first-order chi connectivity index (χ1) is 11.3. The predicted octanol–water partition coefficient (Wildman–Crippen LogP) is 2.97. The summed E-state index contributed by atoms with van der Waals surface area (Å²) in [5.74, 6) is 1.71. The van der Waals surface area contributed by atoms with E-state index in [0.717, 1.165) is 54.2 Å². The Morgan fingerprint density at radius 3 is 2.91 bits per heavy atom. The molecule has 0 radical (unpaired) electrons. The highest BCUT2D eigenvalue weighted by molar-refractivity contribution is 7.18. The molecule has 0 saturated carbocycles. The number of fused-ring (bicyclic) bond motifs is 1. The molecule has 0 amide bonds. The summed E-state index contributed by atoms with van der Waals surface area (Å²) in [4.78, 5) is 15.4. The molecule has 7 heteroatoms. The average molecular weight is 327 g/mol. The number of nitrogens with one attached hydrogen (secondary N) is 1. The molecule has 0 bridgehead atoms. The monoisotopic (exact) mass is 327 g/mol. The first-order valence-electron chi connectivity index (χ1n) is 7.57. The molecule has 6 nitrogen and oxygen atoms in total. The standard InChI is InChI=1S/C16H17N5OS/c1-11-19-13-8-12(2-3-14(13)23-11)20-15-9-16(18-10-17-15)21-4-6-22-7-5-21/h2-3,8-10H,4-7H2,1H3,(H,17,18,20). The topological polar surface area (TPSA) is 63.2 Å². The van der Waals surface area contributed by atoms with Gasteiger partial charge in [-0.15, -0.1) is 11.3 Å². The Balaban J connectivity index is 1.57. The Labute approximate surface area is 138 Å². The van der Waals surface area contributed by atoms with Crippen LogP contribution in [0.1, 0.15) is 5.01 Å². The summed E-state index contributed by atoms with van der Waals surface area (Å²) in [5, 5.41) is 4.42. The molecule has 1 N–H and O–H groups in total. The van der Waals surface area contributed by atoms with E-state index >= 15 is 0 Å². The van der Waals surface area contributed by atoms with Gasteiger partial charge in [0.25, 0.3) is 0 Å². The largest absolute Gasteiger partial charge is 0.378 e. The molecule has 118 valence electrons. The van der Waals surface area contributed by atoms with Gasteiger partial charge in [-0.1, -0.05) is 0 Å². The summed E-state index contributed by atoms with van der Waals surface area (Å²) in [6.45, 7) is 5.23. The minimum absolute atomic E-state index is 0.743. The third-order valence-electron chi connectivity index (χ3n) is 3.75. The zero-order chi connectivity index (χ0) is 15.6. The summed E-state index contributed by atoms with van der Waals surface area (Å²) >= 11 is 1.71. The summed E-state index contributed by atoms with van der Waals surface area (Å²) in [6, 6.07) is 8.17. The predicted molar refractivity (Wildman–Crippen MR) is 92.7 cm³/mol. The van der Waals surface area contributed by atoms with Gasteiger partial charge in [0.15, 0.2) is 0 Å². The lowest BCUT2D eigenvalue weighted by Gasteiger charge is -2.27. The van der Waals surface area contributed by atoms with Gasteiger partial charge in [0.05, 0.1) is 28.4 Å². The van der Waals surface area contributed by atoms with Crippen LogP contribution in [0.25, 0.3) is 10.2 Å². The van der Waals surface area contributed by atoms with Crippen LogP contribution in [-0.4, -0.2) is 41.3 Å². The number of hydrogen-bond acceptors (Lipinski definition) is 7. The molecular formula is C16H17N5OS. The molecule has 0 spiro atoms. The van der Waals surface area contributed by atoms with E-state index in [1.165, 1.54) is 4.70 Å². The SMILES string of the molecule is Cc1nc2cc(Nc3cc(N4CCOCC4)ncn3)ccc2s1. The second kappa shape index (κ2) is 6.10. The zero-order valence-electron chi connectivity index (χ0n) is 12.8. The highest BCUT2D eigenvalue weighted by Gasteiger charge is 2.13. The van der Waals surface area contributed by atoms with E-state index in [0.29, 0.717) is 0 Å². The molecule has 1 saturated heterocycles. The van der Waals surface area contributed by atoms with E-state index in [1.807, 2.05) is 13.0 Å². The fourth-order valence-corrected chi connectivity index (χ4v) is 3.46. The number of hydrogen-bond donors (Lipinski definition) is 1. The van der Waals surface area contributed by atoms with Gasteiger partial charge in [-0.05, 0) is 25.1 Å². The van der Waals surface area contributed by atoms with Crippen LogP contribution >= 0.6 is 11.3 Å². The third-order valence-corrected chi connectivity index (χ3v) is 4.71. The van der Waals surface area contributed by atoms with Crippen LogP contribution in [0.3, 0.4) is 0 Å². The van der Waals surface area contributed by atoms with Gasteiger partial charge in [-0.25, -0.2) is 15.0 Å². The Morgan fingerprint density at radius 1 is 1.17 bits per heavy atom. The first-order valence-corrected chi connectivity index (χ1v) is 8.38. The smallest absolute Gasteiger partial charge is 0.135 e. The number of ether oxygens (including phenoxy) is 1.